The summed E-state index contributed by atoms with van der Waals surface area (Å²) in [7, 11) is 1.75. The molecule has 1 heterocycles. The fourth-order valence-corrected chi connectivity index (χ4v) is 2.18. The highest BCUT2D eigenvalue weighted by molar-refractivity contribution is 7.09. The molecule has 0 bridgehead atoms. The predicted molar refractivity (Wildman–Crippen MR) is 70.0 cm³/mol. The minimum atomic E-state index is 0.818. The molecular formula is C12H22N2OS. The fourth-order valence-electron chi connectivity index (χ4n) is 1.51. The second-order valence-corrected chi connectivity index (χ2v) is 4.72. The molecule has 0 radical (unpaired) electrons. The van der Waals surface area contributed by atoms with Crippen LogP contribution < -0.4 is 5.32 Å². The lowest BCUT2D eigenvalue weighted by Crippen LogP contribution is -2.34. The normalized spacial score (nSPS) is 11.2. The van der Waals surface area contributed by atoms with Crippen molar-refractivity contribution in [2.24, 2.45) is 0 Å². The van der Waals surface area contributed by atoms with Gasteiger partial charge in [0.1, 0.15) is 0 Å². The molecule has 92 valence electrons. The molecular weight excluding hydrogens is 220 g/mol. The molecule has 1 aromatic heterocycles. The Hall–Kier alpha value is -0.420. The summed E-state index contributed by atoms with van der Waals surface area (Å²) in [4.78, 5) is 3.80. The zero-order valence-corrected chi connectivity index (χ0v) is 11.1. The topological polar surface area (TPSA) is 24.5 Å². The number of likely N-dealkylation sites (N-methyl/N-ethyl adjacent to an activating group) is 1. The van der Waals surface area contributed by atoms with Gasteiger partial charge in [-0.25, -0.2) is 0 Å². The third kappa shape index (κ3) is 5.61. The van der Waals surface area contributed by atoms with Crippen molar-refractivity contribution in [2.45, 2.75) is 13.5 Å². The highest BCUT2D eigenvalue weighted by Gasteiger charge is 2.00. The lowest BCUT2D eigenvalue weighted by atomic mass is 10.4. The van der Waals surface area contributed by atoms with Crippen LogP contribution in [0.4, 0.5) is 0 Å². The average molecular weight is 242 g/mol. The fraction of sp³-hybridized carbons (Fsp3) is 0.667. The van der Waals surface area contributed by atoms with Crippen molar-refractivity contribution in [3.63, 3.8) is 0 Å². The van der Waals surface area contributed by atoms with Crippen LogP contribution in [0.15, 0.2) is 17.5 Å². The van der Waals surface area contributed by atoms with E-state index in [0.717, 1.165) is 39.3 Å². The van der Waals surface area contributed by atoms with Crippen molar-refractivity contribution >= 4 is 11.3 Å². The van der Waals surface area contributed by atoms with E-state index >= 15 is 0 Å². The van der Waals surface area contributed by atoms with Crippen LogP contribution in [0.3, 0.4) is 0 Å². The summed E-state index contributed by atoms with van der Waals surface area (Å²) >= 11 is 1.81. The smallest absolute Gasteiger partial charge is 0.0589 e. The molecule has 16 heavy (non-hydrogen) atoms. The van der Waals surface area contributed by atoms with E-state index in [2.05, 4.69) is 34.7 Å². The minimum absolute atomic E-state index is 0.818. The number of hydrogen-bond acceptors (Lipinski definition) is 4. The van der Waals surface area contributed by atoms with Gasteiger partial charge in [-0.3, -0.25) is 0 Å². The molecule has 0 unspecified atom stereocenters. The second-order valence-electron chi connectivity index (χ2n) is 3.68. The van der Waals surface area contributed by atoms with E-state index in [1.54, 1.807) is 18.4 Å². The molecule has 3 nitrogen and oxygen atoms in total. The van der Waals surface area contributed by atoms with Gasteiger partial charge in [0.05, 0.1) is 6.61 Å². The molecule has 4 heteroatoms. The van der Waals surface area contributed by atoms with E-state index < -0.39 is 0 Å². The van der Waals surface area contributed by atoms with Gasteiger partial charge >= 0.3 is 0 Å². The third-order valence-corrected chi connectivity index (χ3v) is 3.42. The van der Waals surface area contributed by atoms with E-state index in [4.69, 9.17) is 4.74 Å². The zero-order chi connectivity index (χ0) is 11.6. The Morgan fingerprint density at radius 3 is 2.94 bits per heavy atom. The summed E-state index contributed by atoms with van der Waals surface area (Å²) in [5, 5.41) is 5.58. The number of rotatable bonds is 9. The van der Waals surface area contributed by atoms with Gasteiger partial charge in [-0.05, 0) is 18.0 Å². The van der Waals surface area contributed by atoms with E-state index in [9.17, 15) is 0 Å². The first-order chi connectivity index (χ1) is 7.86. The molecule has 0 saturated carbocycles. The van der Waals surface area contributed by atoms with Crippen molar-refractivity contribution in [1.82, 2.24) is 10.2 Å². The van der Waals surface area contributed by atoms with Crippen LogP contribution in [0.1, 0.15) is 11.8 Å². The predicted octanol–water partition coefficient (Wildman–Crippen LogP) is 1.81. The second kappa shape index (κ2) is 8.70. The summed E-state index contributed by atoms with van der Waals surface area (Å²) in [5.41, 5.74) is 0. The van der Waals surface area contributed by atoms with Gasteiger partial charge < -0.3 is 15.0 Å². The molecule has 0 aliphatic heterocycles. The zero-order valence-electron chi connectivity index (χ0n) is 10.2. The molecule has 0 fully saturated rings. The molecule has 0 aliphatic rings. The number of nitrogens with zero attached hydrogens (tertiary/aromatic N) is 1. The van der Waals surface area contributed by atoms with Crippen LogP contribution in [0, 0.1) is 0 Å². The molecule has 0 aromatic carbocycles. The average Bonchev–Trinajstić information content (AvgIpc) is 2.81. The minimum Gasteiger partial charge on any atom is -0.383 e. The summed E-state index contributed by atoms with van der Waals surface area (Å²) in [6.07, 6.45) is 0. The molecule has 1 aromatic rings. The summed E-state index contributed by atoms with van der Waals surface area (Å²) < 4.78 is 5.08. The molecule has 1 rings (SSSR count). The summed E-state index contributed by atoms with van der Waals surface area (Å²) in [6, 6.07) is 4.26. The Bertz CT molecular complexity index is 252. The number of hydrogen-bond donors (Lipinski definition) is 1. The SMILES string of the molecule is CCN(CCNCc1cccs1)CCOC. The van der Waals surface area contributed by atoms with Crippen molar-refractivity contribution in [2.75, 3.05) is 39.9 Å². The van der Waals surface area contributed by atoms with Gasteiger partial charge in [0.15, 0.2) is 0 Å². The standard InChI is InChI=1S/C12H22N2OS/c1-3-14(8-9-15-2)7-6-13-11-12-5-4-10-16-12/h4-5,10,13H,3,6-9,11H2,1-2H3. The molecule has 0 amide bonds. The Kier molecular flexibility index (Phi) is 7.42. The maximum absolute atomic E-state index is 5.08. The van der Waals surface area contributed by atoms with Gasteiger partial charge in [-0.1, -0.05) is 13.0 Å². The van der Waals surface area contributed by atoms with Crippen LogP contribution in [-0.2, 0) is 11.3 Å². The lowest BCUT2D eigenvalue weighted by Gasteiger charge is -2.19. The number of ether oxygens (including phenoxy) is 1. The van der Waals surface area contributed by atoms with Crippen molar-refractivity contribution in [1.29, 1.82) is 0 Å². The Labute approximate surface area is 102 Å². The van der Waals surface area contributed by atoms with Crippen molar-refractivity contribution in [3.05, 3.63) is 22.4 Å². The molecule has 0 atom stereocenters. The lowest BCUT2D eigenvalue weighted by molar-refractivity contribution is 0.151. The highest BCUT2D eigenvalue weighted by atomic mass is 32.1. The Morgan fingerprint density at radius 1 is 1.44 bits per heavy atom. The number of nitrogens with one attached hydrogen (secondary N) is 1. The van der Waals surface area contributed by atoms with Crippen molar-refractivity contribution in [3.8, 4) is 0 Å². The summed E-state index contributed by atoms with van der Waals surface area (Å²) in [5.74, 6) is 0. The van der Waals surface area contributed by atoms with Crippen LogP contribution in [0.5, 0.6) is 0 Å². The van der Waals surface area contributed by atoms with Crippen LogP contribution in [0.25, 0.3) is 0 Å². The maximum atomic E-state index is 5.08. The quantitative estimate of drug-likeness (QED) is 0.668. The Balaban J connectivity index is 2.04. The molecule has 0 saturated heterocycles. The highest BCUT2D eigenvalue weighted by Crippen LogP contribution is 2.06. The molecule has 0 aliphatic carbocycles. The van der Waals surface area contributed by atoms with E-state index in [1.165, 1.54) is 4.88 Å². The molecule has 0 spiro atoms. The first-order valence-corrected chi connectivity index (χ1v) is 6.69. The van der Waals surface area contributed by atoms with Gasteiger partial charge in [0, 0.05) is 38.2 Å². The van der Waals surface area contributed by atoms with Gasteiger partial charge in [-0.2, -0.15) is 0 Å². The van der Waals surface area contributed by atoms with Crippen LogP contribution in [-0.4, -0.2) is 44.8 Å². The first-order valence-electron chi connectivity index (χ1n) is 5.81. The van der Waals surface area contributed by atoms with Crippen LogP contribution in [0.2, 0.25) is 0 Å². The van der Waals surface area contributed by atoms with E-state index in [-0.39, 0.29) is 0 Å². The number of thiophene rings is 1. The Morgan fingerprint density at radius 2 is 2.31 bits per heavy atom. The largest absolute Gasteiger partial charge is 0.383 e. The monoisotopic (exact) mass is 242 g/mol. The molecule has 1 N–H and O–H groups in total. The van der Waals surface area contributed by atoms with Gasteiger partial charge in [-0.15, -0.1) is 11.3 Å². The van der Waals surface area contributed by atoms with E-state index in [1.807, 2.05) is 0 Å². The number of methoxy groups -OCH3 is 1. The third-order valence-electron chi connectivity index (χ3n) is 2.54. The maximum Gasteiger partial charge on any atom is 0.0589 e. The summed E-state index contributed by atoms with van der Waals surface area (Å²) in [6.45, 7) is 8.23. The van der Waals surface area contributed by atoms with Crippen LogP contribution >= 0.6 is 11.3 Å². The first kappa shape index (κ1) is 13.6. The van der Waals surface area contributed by atoms with Gasteiger partial charge in [0.25, 0.3) is 0 Å². The van der Waals surface area contributed by atoms with Gasteiger partial charge in [0.2, 0.25) is 0 Å². The van der Waals surface area contributed by atoms with Crippen molar-refractivity contribution < 1.29 is 4.74 Å². The van der Waals surface area contributed by atoms with E-state index in [0.29, 0.717) is 0 Å².